The van der Waals surface area contributed by atoms with Gasteiger partial charge in [-0.05, 0) is 68.3 Å². The van der Waals surface area contributed by atoms with Gasteiger partial charge in [-0.1, -0.05) is 61.6 Å². The van der Waals surface area contributed by atoms with Crippen molar-refractivity contribution in [3.8, 4) is 0 Å². The average Bonchev–Trinajstić information content (AvgIpc) is 3.39. The fourth-order valence-corrected chi connectivity index (χ4v) is 8.30. The first-order valence-corrected chi connectivity index (χ1v) is 13.6. The van der Waals surface area contributed by atoms with E-state index in [0.29, 0.717) is 49.4 Å². The third kappa shape index (κ3) is 3.59. The topological polar surface area (TPSA) is 47.9 Å². The van der Waals surface area contributed by atoms with Gasteiger partial charge in [0, 0.05) is 23.8 Å². The molecule has 35 heavy (non-hydrogen) atoms. The van der Waals surface area contributed by atoms with E-state index in [-0.39, 0.29) is 11.2 Å². The van der Waals surface area contributed by atoms with Crippen molar-refractivity contribution in [2.24, 2.45) is 29.1 Å². The molecule has 0 amide bonds. The zero-order valence-corrected chi connectivity index (χ0v) is 21.5. The molecule has 0 aromatic heterocycles. The summed E-state index contributed by atoms with van der Waals surface area (Å²) in [4.78, 5) is 0. The molecule has 6 rings (SSSR count). The van der Waals surface area contributed by atoms with Crippen molar-refractivity contribution < 1.29 is 19.3 Å². The number of benzene rings is 1. The van der Waals surface area contributed by atoms with E-state index >= 15 is 0 Å². The van der Waals surface area contributed by atoms with Gasteiger partial charge in [-0.15, -0.1) is 0 Å². The summed E-state index contributed by atoms with van der Waals surface area (Å²) in [5.74, 6) is 2.80. The van der Waals surface area contributed by atoms with E-state index in [1.807, 2.05) is 13.8 Å². The normalized spacial score (nSPS) is 41.1. The van der Waals surface area contributed by atoms with Crippen LogP contribution in [-0.4, -0.2) is 36.3 Å². The van der Waals surface area contributed by atoms with E-state index in [9.17, 15) is 5.11 Å². The number of aliphatic hydroxyl groups is 1. The molecule has 4 aliphatic carbocycles. The lowest BCUT2D eigenvalue weighted by Gasteiger charge is -2.58. The Labute approximate surface area is 210 Å². The second-order valence-corrected chi connectivity index (χ2v) is 11.9. The van der Waals surface area contributed by atoms with Crippen molar-refractivity contribution in [3.63, 3.8) is 0 Å². The van der Waals surface area contributed by atoms with Crippen LogP contribution in [0.15, 0.2) is 54.6 Å². The highest BCUT2D eigenvalue weighted by Crippen LogP contribution is 2.66. The number of allylic oxidation sites excluding steroid dienone is 2. The smallest absolute Gasteiger partial charge is 0.172 e. The van der Waals surface area contributed by atoms with Crippen LogP contribution in [0.3, 0.4) is 0 Å². The number of hydrogen-bond donors (Lipinski definition) is 1. The minimum atomic E-state index is -0.782. The molecule has 1 N–H and O–H groups in total. The number of rotatable bonds is 4. The summed E-state index contributed by atoms with van der Waals surface area (Å²) in [7, 11) is 0. The summed E-state index contributed by atoms with van der Waals surface area (Å²) in [5.41, 5.74) is 3.02. The van der Waals surface area contributed by atoms with Gasteiger partial charge in [-0.3, -0.25) is 0 Å². The third-order valence-electron chi connectivity index (χ3n) is 10.3. The van der Waals surface area contributed by atoms with E-state index < -0.39 is 5.60 Å². The highest BCUT2D eigenvalue weighted by Gasteiger charge is 2.61. The third-order valence-corrected chi connectivity index (χ3v) is 10.3. The van der Waals surface area contributed by atoms with Crippen LogP contribution in [-0.2, 0) is 14.2 Å². The lowest BCUT2D eigenvalue weighted by molar-refractivity contribution is -0.178. The zero-order valence-electron chi connectivity index (χ0n) is 21.5. The highest BCUT2D eigenvalue weighted by molar-refractivity contribution is 5.57. The molecule has 0 radical (unpaired) electrons. The van der Waals surface area contributed by atoms with Crippen LogP contribution in [0.2, 0.25) is 0 Å². The summed E-state index contributed by atoms with van der Waals surface area (Å²) >= 11 is 0. The first-order chi connectivity index (χ1) is 16.8. The molecule has 188 valence electrons. The summed E-state index contributed by atoms with van der Waals surface area (Å²) in [6.45, 7) is 12.5. The SMILES string of the molecule is C=C(OCC)c1ccc([C@H]2C[C@@]3(C)[C@@H](C=C[C@]3(C)O)[C@@H]3CC=C4CC5(CC[C@@H]4[C@H]32)OCCO5)cc1. The van der Waals surface area contributed by atoms with Crippen molar-refractivity contribution in [1.29, 1.82) is 0 Å². The van der Waals surface area contributed by atoms with Gasteiger partial charge < -0.3 is 19.3 Å². The van der Waals surface area contributed by atoms with Gasteiger partial charge in [-0.25, -0.2) is 0 Å². The van der Waals surface area contributed by atoms with E-state index in [0.717, 1.165) is 43.4 Å². The molecular formula is C31H40O4. The Morgan fingerprint density at radius 1 is 1.14 bits per heavy atom. The number of fused-ring (bicyclic) bond motifs is 5. The van der Waals surface area contributed by atoms with E-state index in [2.05, 4.69) is 56.0 Å². The van der Waals surface area contributed by atoms with Crippen LogP contribution in [0.4, 0.5) is 0 Å². The summed E-state index contributed by atoms with van der Waals surface area (Å²) in [6, 6.07) is 8.90. The van der Waals surface area contributed by atoms with Crippen molar-refractivity contribution in [2.75, 3.05) is 19.8 Å². The minimum absolute atomic E-state index is 0.161. The Bertz CT molecular complexity index is 1040. The summed E-state index contributed by atoms with van der Waals surface area (Å²) < 4.78 is 17.9. The van der Waals surface area contributed by atoms with E-state index in [1.165, 1.54) is 5.56 Å². The molecule has 4 heteroatoms. The molecule has 1 aromatic rings. The van der Waals surface area contributed by atoms with Crippen LogP contribution < -0.4 is 0 Å². The summed E-state index contributed by atoms with van der Waals surface area (Å²) in [6.07, 6.45) is 12.0. The lowest BCUT2D eigenvalue weighted by Crippen LogP contribution is -2.55. The molecule has 0 bridgehead atoms. The Morgan fingerprint density at radius 3 is 2.60 bits per heavy atom. The Morgan fingerprint density at radius 2 is 1.89 bits per heavy atom. The fourth-order valence-electron chi connectivity index (χ4n) is 8.30. The molecule has 4 nitrogen and oxygen atoms in total. The van der Waals surface area contributed by atoms with Crippen LogP contribution >= 0.6 is 0 Å². The standard InChI is InChI=1S/C31H40O4/c1-5-33-20(2)21-6-8-22(9-7-21)26-19-29(3)27(13-14-30(29,4)32)25-11-10-23-18-31(34-16-17-35-31)15-12-24(23)28(25)26/h6-10,13-14,24-28,32H,2,5,11-12,15-19H2,1,3-4H3/t24-,25-,26+,27-,28+,29-,30-/m0/s1. The van der Waals surface area contributed by atoms with E-state index in [1.54, 1.807) is 5.57 Å². The van der Waals surface area contributed by atoms with E-state index in [4.69, 9.17) is 14.2 Å². The van der Waals surface area contributed by atoms with Crippen LogP contribution in [0.1, 0.15) is 69.9 Å². The van der Waals surface area contributed by atoms with Gasteiger partial charge in [0.2, 0.25) is 0 Å². The zero-order chi connectivity index (χ0) is 24.4. The van der Waals surface area contributed by atoms with Gasteiger partial charge in [0.05, 0.1) is 25.4 Å². The second kappa shape index (κ2) is 8.33. The van der Waals surface area contributed by atoms with Crippen LogP contribution in [0.25, 0.3) is 5.76 Å². The highest BCUT2D eigenvalue weighted by atomic mass is 16.7. The van der Waals surface area contributed by atoms with Gasteiger partial charge in [0.1, 0.15) is 5.76 Å². The predicted octanol–water partition coefficient (Wildman–Crippen LogP) is 6.23. The van der Waals surface area contributed by atoms with Crippen molar-refractivity contribution >= 4 is 5.76 Å². The second-order valence-electron chi connectivity index (χ2n) is 11.9. The molecule has 3 fully saturated rings. The Balaban J connectivity index is 1.37. The predicted molar refractivity (Wildman–Crippen MR) is 137 cm³/mol. The van der Waals surface area contributed by atoms with Gasteiger partial charge in [0.15, 0.2) is 5.79 Å². The molecule has 1 heterocycles. The van der Waals surface area contributed by atoms with Gasteiger partial charge in [0.25, 0.3) is 0 Å². The molecule has 1 spiro atoms. The molecule has 7 atom stereocenters. The van der Waals surface area contributed by atoms with Crippen LogP contribution in [0.5, 0.6) is 0 Å². The van der Waals surface area contributed by atoms with Gasteiger partial charge in [-0.2, -0.15) is 0 Å². The van der Waals surface area contributed by atoms with Crippen molar-refractivity contribution in [2.45, 2.75) is 70.2 Å². The maximum Gasteiger partial charge on any atom is 0.172 e. The average molecular weight is 477 g/mol. The first-order valence-electron chi connectivity index (χ1n) is 13.6. The molecule has 2 saturated carbocycles. The maximum absolute atomic E-state index is 11.5. The molecule has 1 saturated heterocycles. The van der Waals surface area contributed by atoms with Crippen molar-refractivity contribution in [1.82, 2.24) is 0 Å². The molecule has 0 unspecified atom stereocenters. The first kappa shape index (κ1) is 23.5. The van der Waals surface area contributed by atoms with Crippen LogP contribution in [0, 0.1) is 29.1 Å². The molecule has 5 aliphatic rings. The quantitative estimate of drug-likeness (QED) is 0.413. The van der Waals surface area contributed by atoms with Gasteiger partial charge >= 0.3 is 0 Å². The fraction of sp³-hybridized carbons (Fsp3) is 0.613. The number of hydrogen-bond acceptors (Lipinski definition) is 4. The molecule has 1 aromatic carbocycles. The maximum atomic E-state index is 11.5. The molecule has 1 aliphatic heterocycles. The van der Waals surface area contributed by atoms with Crippen molar-refractivity contribution in [3.05, 3.63) is 65.8 Å². The monoisotopic (exact) mass is 476 g/mol. The minimum Gasteiger partial charge on any atom is -0.494 e. The lowest BCUT2D eigenvalue weighted by atomic mass is 9.47. The Hall–Kier alpha value is -1.88. The molecular weight excluding hydrogens is 436 g/mol. The Kier molecular flexibility index (Phi) is 5.59. The largest absolute Gasteiger partial charge is 0.494 e. The summed E-state index contributed by atoms with van der Waals surface area (Å²) in [5, 5.41) is 11.5. The number of ether oxygens (including phenoxy) is 3.